The van der Waals surface area contributed by atoms with Crippen molar-refractivity contribution in [3.63, 3.8) is 0 Å². The van der Waals surface area contributed by atoms with Crippen LogP contribution in [0.25, 0.3) is 0 Å². The molecule has 2 aliphatic rings. The van der Waals surface area contributed by atoms with Crippen molar-refractivity contribution in [2.45, 2.75) is 19.1 Å². The van der Waals surface area contributed by atoms with Crippen LogP contribution in [0.2, 0.25) is 0 Å². The minimum Gasteiger partial charge on any atom is -0.373 e. The summed E-state index contributed by atoms with van der Waals surface area (Å²) >= 11 is 0. The van der Waals surface area contributed by atoms with Gasteiger partial charge in [-0.1, -0.05) is 0 Å². The Kier molecular flexibility index (Phi) is 3.52. The molecule has 0 bridgehead atoms. The third-order valence-corrected chi connectivity index (χ3v) is 3.88. The maximum absolute atomic E-state index is 11.4. The van der Waals surface area contributed by atoms with E-state index >= 15 is 0 Å². The summed E-state index contributed by atoms with van der Waals surface area (Å²) in [5.41, 5.74) is 0. The lowest BCUT2D eigenvalue weighted by molar-refractivity contribution is -0.137. The zero-order valence-corrected chi connectivity index (χ0v) is 11.2. The van der Waals surface area contributed by atoms with E-state index in [0.717, 1.165) is 32.7 Å². The standard InChI is InChI=1S/C13H20N4O2/c1-11(18)16-5-6-19-13(10-16)9-15-7-12(8-15)17-4-2-3-14-17/h2-4,12-13H,5-10H2,1H3. The molecule has 104 valence electrons. The number of aromatic nitrogens is 2. The van der Waals surface area contributed by atoms with Gasteiger partial charge in [0.05, 0.1) is 18.8 Å². The van der Waals surface area contributed by atoms with Crippen molar-refractivity contribution in [1.82, 2.24) is 19.6 Å². The van der Waals surface area contributed by atoms with E-state index in [1.165, 1.54) is 0 Å². The van der Waals surface area contributed by atoms with E-state index in [1.54, 1.807) is 6.92 Å². The summed E-state index contributed by atoms with van der Waals surface area (Å²) in [5.74, 6) is 0.145. The number of ether oxygens (including phenoxy) is 1. The van der Waals surface area contributed by atoms with Crippen LogP contribution in [0.15, 0.2) is 18.5 Å². The Morgan fingerprint density at radius 2 is 2.26 bits per heavy atom. The van der Waals surface area contributed by atoms with E-state index in [-0.39, 0.29) is 12.0 Å². The number of carbonyl (C=O) groups excluding carboxylic acids is 1. The molecule has 0 saturated carbocycles. The number of hydrogen-bond acceptors (Lipinski definition) is 4. The lowest BCUT2D eigenvalue weighted by Crippen LogP contribution is -2.55. The van der Waals surface area contributed by atoms with Crippen LogP contribution in [-0.4, -0.2) is 70.9 Å². The molecule has 0 spiro atoms. The average molecular weight is 264 g/mol. The van der Waals surface area contributed by atoms with Crippen molar-refractivity contribution in [3.8, 4) is 0 Å². The van der Waals surface area contributed by atoms with Crippen LogP contribution in [0.5, 0.6) is 0 Å². The first-order valence-electron chi connectivity index (χ1n) is 6.81. The summed E-state index contributed by atoms with van der Waals surface area (Å²) in [6.07, 6.45) is 3.98. The highest BCUT2D eigenvalue weighted by Crippen LogP contribution is 2.21. The lowest BCUT2D eigenvalue weighted by atomic mass is 10.1. The van der Waals surface area contributed by atoms with Crippen molar-refractivity contribution in [2.75, 3.05) is 39.3 Å². The van der Waals surface area contributed by atoms with Gasteiger partial charge in [0, 0.05) is 52.0 Å². The molecule has 1 atom stereocenters. The van der Waals surface area contributed by atoms with Crippen LogP contribution in [0.1, 0.15) is 13.0 Å². The minimum absolute atomic E-state index is 0.145. The average Bonchev–Trinajstić information content (AvgIpc) is 2.87. The predicted molar refractivity (Wildman–Crippen MR) is 69.7 cm³/mol. The van der Waals surface area contributed by atoms with Gasteiger partial charge in [-0.05, 0) is 6.07 Å². The maximum atomic E-state index is 11.4. The van der Waals surface area contributed by atoms with Crippen LogP contribution in [0, 0.1) is 0 Å². The Balaban J connectivity index is 1.45. The molecule has 2 saturated heterocycles. The second-order valence-corrected chi connectivity index (χ2v) is 5.32. The van der Waals surface area contributed by atoms with Gasteiger partial charge in [-0.2, -0.15) is 5.10 Å². The summed E-state index contributed by atoms with van der Waals surface area (Å²) in [4.78, 5) is 15.6. The molecule has 3 heterocycles. The van der Waals surface area contributed by atoms with Gasteiger partial charge in [-0.15, -0.1) is 0 Å². The first-order valence-corrected chi connectivity index (χ1v) is 6.81. The van der Waals surface area contributed by atoms with Crippen molar-refractivity contribution in [2.24, 2.45) is 0 Å². The lowest BCUT2D eigenvalue weighted by Gasteiger charge is -2.42. The third-order valence-electron chi connectivity index (χ3n) is 3.88. The largest absolute Gasteiger partial charge is 0.373 e. The van der Waals surface area contributed by atoms with Gasteiger partial charge in [0.1, 0.15) is 0 Å². The van der Waals surface area contributed by atoms with Crippen LogP contribution in [-0.2, 0) is 9.53 Å². The maximum Gasteiger partial charge on any atom is 0.219 e. The fourth-order valence-corrected chi connectivity index (χ4v) is 2.76. The zero-order chi connectivity index (χ0) is 13.2. The Hall–Kier alpha value is -1.40. The fourth-order valence-electron chi connectivity index (χ4n) is 2.76. The van der Waals surface area contributed by atoms with Crippen LogP contribution in [0.3, 0.4) is 0 Å². The molecule has 0 radical (unpaired) electrons. The third kappa shape index (κ3) is 2.79. The zero-order valence-electron chi connectivity index (χ0n) is 11.2. The van der Waals surface area contributed by atoms with Gasteiger partial charge < -0.3 is 9.64 Å². The van der Waals surface area contributed by atoms with Gasteiger partial charge in [0.15, 0.2) is 0 Å². The van der Waals surface area contributed by atoms with Crippen LogP contribution < -0.4 is 0 Å². The number of morpholine rings is 1. The highest BCUT2D eigenvalue weighted by atomic mass is 16.5. The molecule has 3 rings (SSSR count). The molecule has 2 fully saturated rings. The first kappa shape index (κ1) is 12.6. The molecule has 0 N–H and O–H groups in total. The van der Waals surface area contributed by atoms with Gasteiger partial charge in [0.25, 0.3) is 0 Å². The SMILES string of the molecule is CC(=O)N1CCOC(CN2CC(n3cccn3)C2)C1. The minimum atomic E-state index is 0.145. The van der Waals surface area contributed by atoms with E-state index in [2.05, 4.69) is 10.00 Å². The first-order chi connectivity index (χ1) is 9.22. The number of nitrogens with zero attached hydrogens (tertiary/aromatic N) is 4. The molecule has 2 aliphatic heterocycles. The molecule has 1 amide bonds. The van der Waals surface area contributed by atoms with Crippen molar-refractivity contribution < 1.29 is 9.53 Å². The highest BCUT2D eigenvalue weighted by molar-refractivity contribution is 5.73. The van der Waals surface area contributed by atoms with Crippen molar-refractivity contribution in [3.05, 3.63) is 18.5 Å². The van der Waals surface area contributed by atoms with E-state index in [0.29, 0.717) is 12.6 Å². The van der Waals surface area contributed by atoms with Gasteiger partial charge in [0.2, 0.25) is 5.91 Å². The van der Waals surface area contributed by atoms with Crippen LogP contribution >= 0.6 is 0 Å². The number of carbonyl (C=O) groups is 1. The monoisotopic (exact) mass is 264 g/mol. The molecular formula is C13H20N4O2. The van der Waals surface area contributed by atoms with E-state index in [4.69, 9.17) is 4.74 Å². The Labute approximate surface area is 112 Å². The highest BCUT2D eigenvalue weighted by Gasteiger charge is 2.32. The summed E-state index contributed by atoms with van der Waals surface area (Å²) in [7, 11) is 0. The molecule has 6 heteroatoms. The second kappa shape index (κ2) is 5.30. The normalized spacial score (nSPS) is 25.3. The Bertz CT molecular complexity index is 428. The number of likely N-dealkylation sites (tertiary alicyclic amines) is 1. The van der Waals surface area contributed by atoms with E-state index < -0.39 is 0 Å². The Morgan fingerprint density at radius 1 is 1.42 bits per heavy atom. The van der Waals surface area contributed by atoms with E-state index in [1.807, 2.05) is 28.0 Å². The molecule has 1 unspecified atom stereocenters. The predicted octanol–water partition coefficient (Wildman–Crippen LogP) is -0.0129. The molecule has 0 aromatic carbocycles. The quantitative estimate of drug-likeness (QED) is 0.770. The van der Waals surface area contributed by atoms with Gasteiger partial charge in [-0.25, -0.2) is 0 Å². The summed E-state index contributed by atoms with van der Waals surface area (Å²) < 4.78 is 7.75. The topological polar surface area (TPSA) is 50.6 Å². The van der Waals surface area contributed by atoms with Crippen molar-refractivity contribution >= 4 is 5.91 Å². The molecule has 6 nitrogen and oxygen atoms in total. The van der Waals surface area contributed by atoms with Gasteiger partial charge >= 0.3 is 0 Å². The second-order valence-electron chi connectivity index (χ2n) is 5.32. The van der Waals surface area contributed by atoms with Gasteiger partial charge in [-0.3, -0.25) is 14.4 Å². The number of amides is 1. The molecule has 1 aromatic rings. The number of hydrogen-bond donors (Lipinski definition) is 0. The molecular weight excluding hydrogens is 244 g/mol. The summed E-state index contributed by atoms with van der Waals surface area (Å²) in [6.45, 7) is 6.66. The molecule has 1 aromatic heterocycles. The number of rotatable bonds is 3. The Morgan fingerprint density at radius 3 is 2.95 bits per heavy atom. The smallest absolute Gasteiger partial charge is 0.219 e. The van der Waals surface area contributed by atoms with Crippen LogP contribution in [0.4, 0.5) is 0 Å². The fraction of sp³-hybridized carbons (Fsp3) is 0.692. The summed E-state index contributed by atoms with van der Waals surface area (Å²) in [6, 6.07) is 2.44. The molecule has 19 heavy (non-hydrogen) atoms. The van der Waals surface area contributed by atoms with Crippen molar-refractivity contribution in [1.29, 1.82) is 0 Å². The molecule has 0 aliphatic carbocycles. The summed E-state index contributed by atoms with van der Waals surface area (Å²) in [5, 5.41) is 4.26. The van der Waals surface area contributed by atoms with E-state index in [9.17, 15) is 4.79 Å².